The molecular weight excluding hydrogens is 315 g/mol. The minimum Gasteiger partial charge on any atom is -0.391 e. The Morgan fingerprint density at radius 3 is 2.78 bits per heavy atom. The first-order valence-electron chi connectivity index (χ1n) is 7.65. The molecule has 1 aromatic carbocycles. The lowest BCUT2D eigenvalue weighted by atomic mass is 10.2. The highest BCUT2D eigenvalue weighted by atomic mass is 32.1. The van der Waals surface area contributed by atoms with Gasteiger partial charge in [-0.25, -0.2) is 9.37 Å². The molecule has 0 aliphatic heterocycles. The highest BCUT2D eigenvalue weighted by Crippen LogP contribution is 2.33. The summed E-state index contributed by atoms with van der Waals surface area (Å²) in [5.74, 6) is -0.0343. The fourth-order valence-corrected chi connectivity index (χ4v) is 3.40. The summed E-state index contributed by atoms with van der Waals surface area (Å²) in [5.41, 5.74) is 0.956. The molecule has 1 atom stereocenters. The van der Waals surface area contributed by atoms with Crippen molar-refractivity contribution < 1.29 is 14.3 Å². The summed E-state index contributed by atoms with van der Waals surface area (Å²) >= 11 is 1.34. The van der Waals surface area contributed by atoms with E-state index in [1.165, 1.54) is 23.5 Å². The van der Waals surface area contributed by atoms with Gasteiger partial charge in [-0.05, 0) is 36.5 Å². The number of likely N-dealkylation sites (N-methyl/N-ethyl adjacent to an activating group) is 1. The third-order valence-corrected chi connectivity index (χ3v) is 4.99. The van der Waals surface area contributed by atoms with Gasteiger partial charge >= 0.3 is 0 Å². The maximum atomic E-state index is 12.9. The zero-order chi connectivity index (χ0) is 16.4. The molecule has 1 N–H and O–H groups in total. The number of hydrogen-bond donors (Lipinski definition) is 1. The van der Waals surface area contributed by atoms with E-state index in [2.05, 4.69) is 4.98 Å². The van der Waals surface area contributed by atoms with Crippen LogP contribution in [-0.4, -0.2) is 40.6 Å². The number of hydrogen-bond acceptors (Lipinski definition) is 4. The molecule has 1 saturated carbocycles. The van der Waals surface area contributed by atoms with Crippen LogP contribution in [0, 0.1) is 11.7 Å². The molecule has 0 radical (unpaired) electrons. The summed E-state index contributed by atoms with van der Waals surface area (Å²) in [7, 11) is 1.70. The minimum absolute atomic E-state index is 0.118. The summed E-state index contributed by atoms with van der Waals surface area (Å²) in [5, 5.41) is 10.8. The van der Waals surface area contributed by atoms with Gasteiger partial charge < -0.3 is 10.0 Å². The molecule has 1 aliphatic rings. The van der Waals surface area contributed by atoms with Crippen molar-refractivity contribution in [1.82, 2.24) is 9.88 Å². The van der Waals surface area contributed by atoms with Gasteiger partial charge in [-0.15, -0.1) is 11.3 Å². The Labute approximate surface area is 138 Å². The number of rotatable bonds is 6. The number of halogens is 1. The molecule has 1 amide bonds. The second-order valence-electron chi connectivity index (χ2n) is 6.01. The van der Waals surface area contributed by atoms with Crippen LogP contribution in [0.2, 0.25) is 0 Å². The summed E-state index contributed by atoms with van der Waals surface area (Å²) in [4.78, 5) is 18.8. The maximum absolute atomic E-state index is 12.9. The standard InChI is InChI=1S/C17H19FN2O2S/c1-20(10-14(21)12-4-5-12)17(22)15-9-19-16(23-15)8-11-2-6-13(18)7-3-11/h2-3,6-7,9,12,14,21H,4-5,8,10H2,1H3. The van der Waals surface area contributed by atoms with E-state index in [1.54, 1.807) is 30.3 Å². The van der Waals surface area contributed by atoms with Crippen LogP contribution in [0.15, 0.2) is 30.5 Å². The third kappa shape index (κ3) is 4.14. The van der Waals surface area contributed by atoms with Crippen molar-refractivity contribution in [2.75, 3.05) is 13.6 Å². The summed E-state index contributed by atoms with van der Waals surface area (Å²) in [6.07, 6.45) is 3.81. The molecule has 122 valence electrons. The SMILES string of the molecule is CN(CC(O)C1CC1)C(=O)c1cnc(Cc2ccc(F)cc2)s1. The average Bonchev–Trinajstić information content (AvgIpc) is 3.29. The molecule has 23 heavy (non-hydrogen) atoms. The predicted molar refractivity (Wildman–Crippen MR) is 87.0 cm³/mol. The van der Waals surface area contributed by atoms with Gasteiger partial charge in [-0.1, -0.05) is 12.1 Å². The second-order valence-corrected chi connectivity index (χ2v) is 7.13. The molecule has 0 spiro atoms. The van der Waals surface area contributed by atoms with E-state index >= 15 is 0 Å². The Kier molecular flexibility index (Phi) is 4.73. The summed E-state index contributed by atoms with van der Waals surface area (Å²) in [6, 6.07) is 6.27. The van der Waals surface area contributed by atoms with E-state index in [1.807, 2.05) is 0 Å². The van der Waals surface area contributed by atoms with Gasteiger partial charge in [0.05, 0.1) is 17.3 Å². The van der Waals surface area contributed by atoms with E-state index in [-0.39, 0.29) is 11.7 Å². The van der Waals surface area contributed by atoms with Crippen molar-refractivity contribution in [1.29, 1.82) is 0 Å². The molecule has 0 saturated heterocycles. The van der Waals surface area contributed by atoms with Gasteiger partial charge in [0.1, 0.15) is 10.7 Å². The molecule has 1 heterocycles. The number of benzene rings is 1. The number of nitrogens with zero attached hydrogens (tertiary/aromatic N) is 2. The van der Waals surface area contributed by atoms with Crippen LogP contribution in [0.1, 0.15) is 33.1 Å². The van der Waals surface area contributed by atoms with Crippen LogP contribution in [0.5, 0.6) is 0 Å². The zero-order valence-corrected chi connectivity index (χ0v) is 13.7. The van der Waals surface area contributed by atoms with Crippen LogP contribution < -0.4 is 0 Å². The van der Waals surface area contributed by atoms with Crippen molar-refractivity contribution in [2.45, 2.75) is 25.4 Å². The fraction of sp³-hybridized carbons (Fsp3) is 0.412. The number of aliphatic hydroxyl groups is 1. The van der Waals surface area contributed by atoms with Gasteiger partial charge in [-0.3, -0.25) is 4.79 Å². The van der Waals surface area contributed by atoms with E-state index in [9.17, 15) is 14.3 Å². The molecule has 2 aromatic rings. The van der Waals surface area contributed by atoms with Gasteiger partial charge in [0.2, 0.25) is 0 Å². The molecule has 1 unspecified atom stereocenters. The van der Waals surface area contributed by atoms with Gasteiger partial charge in [-0.2, -0.15) is 0 Å². The Morgan fingerprint density at radius 2 is 2.13 bits per heavy atom. The monoisotopic (exact) mass is 334 g/mol. The van der Waals surface area contributed by atoms with Crippen LogP contribution in [0.4, 0.5) is 4.39 Å². The largest absolute Gasteiger partial charge is 0.391 e. The highest BCUT2D eigenvalue weighted by molar-refractivity contribution is 7.13. The Hall–Kier alpha value is -1.79. The molecule has 1 aliphatic carbocycles. The number of amides is 1. The lowest BCUT2D eigenvalue weighted by molar-refractivity contribution is 0.0649. The number of thiazole rings is 1. The predicted octanol–water partition coefficient (Wildman–Crippen LogP) is 2.72. The van der Waals surface area contributed by atoms with Crippen LogP contribution in [-0.2, 0) is 6.42 Å². The molecular formula is C17H19FN2O2S. The second kappa shape index (κ2) is 6.76. The zero-order valence-electron chi connectivity index (χ0n) is 12.9. The maximum Gasteiger partial charge on any atom is 0.265 e. The summed E-state index contributed by atoms with van der Waals surface area (Å²) < 4.78 is 12.9. The molecule has 0 bridgehead atoms. The van der Waals surface area contributed by atoms with Gasteiger partial charge in [0.25, 0.3) is 5.91 Å². The molecule has 3 rings (SSSR count). The smallest absolute Gasteiger partial charge is 0.265 e. The lowest BCUT2D eigenvalue weighted by Gasteiger charge is -2.19. The number of aliphatic hydroxyl groups excluding tert-OH is 1. The van der Waals surface area contributed by atoms with Crippen LogP contribution >= 0.6 is 11.3 Å². The van der Waals surface area contributed by atoms with Gasteiger partial charge in [0, 0.05) is 20.0 Å². The van der Waals surface area contributed by atoms with E-state index in [0.717, 1.165) is 23.4 Å². The first-order valence-corrected chi connectivity index (χ1v) is 8.47. The quantitative estimate of drug-likeness (QED) is 0.884. The molecule has 4 nitrogen and oxygen atoms in total. The van der Waals surface area contributed by atoms with Crippen molar-refractivity contribution in [3.63, 3.8) is 0 Å². The van der Waals surface area contributed by atoms with Crippen LogP contribution in [0.25, 0.3) is 0 Å². The fourth-order valence-electron chi connectivity index (χ4n) is 2.45. The van der Waals surface area contributed by atoms with E-state index in [4.69, 9.17) is 0 Å². The minimum atomic E-state index is -0.435. The number of carbonyl (C=O) groups is 1. The highest BCUT2D eigenvalue weighted by Gasteiger charge is 2.31. The van der Waals surface area contributed by atoms with E-state index < -0.39 is 6.10 Å². The van der Waals surface area contributed by atoms with Crippen molar-refractivity contribution >= 4 is 17.2 Å². The van der Waals surface area contributed by atoms with E-state index in [0.29, 0.717) is 23.8 Å². The Balaban J connectivity index is 1.61. The van der Waals surface area contributed by atoms with Crippen molar-refractivity contribution in [3.8, 4) is 0 Å². The topological polar surface area (TPSA) is 53.4 Å². The third-order valence-electron chi connectivity index (χ3n) is 4.01. The van der Waals surface area contributed by atoms with Crippen LogP contribution in [0.3, 0.4) is 0 Å². The van der Waals surface area contributed by atoms with Crippen molar-refractivity contribution in [3.05, 3.63) is 51.7 Å². The average molecular weight is 334 g/mol. The number of carbonyl (C=O) groups excluding carboxylic acids is 1. The van der Waals surface area contributed by atoms with Gasteiger partial charge in [0.15, 0.2) is 0 Å². The molecule has 1 fully saturated rings. The molecule has 6 heteroatoms. The summed E-state index contributed by atoms with van der Waals surface area (Å²) in [6.45, 7) is 0.356. The Morgan fingerprint density at radius 1 is 1.43 bits per heavy atom. The Bertz CT molecular complexity index is 682. The lowest BCUT2D eigenvalue weighted by Crippen LogP contribution is -2.34. The number of aromatic nitrogens is 1. The van der Waals surface area contributed by atoms with Crippen molar-refractivity contribution in [2.24, 2.45) is 5.92 Å². The first kappa shape index (κ1) is 16.1. The normalized spacial score (nSPS) is 15.4. The molecule has 1 aromatic heterocycles. The first-order chi connectivity index (χ1) is 11.0.